The van der Waals surface area contributed by atoms with Gasteiger partial charge in [-0.05, 0) is 24.1 Å². The number of nitriles is 1. The van der Waals surface area contributed by atoms with Crippen LogP contribution in [0.25, 0.3) is 11.1 Å². The molecule has 1 aromatic heterocycles. The maximum atomic E-state index is 12.3. The summed E-state index contributed by atoms with van der Waals surface area (Å²) in [7, 11) is 1.57. The molecule has 1 heterocycles. The fourth-order valence-electron chi connectivity index (χ4n) is 1.98. The maximum absolute atomic E-state index is 12.3. The van der Waals surface area contributed by atoms with Crippen LogP contribution in [0.1, 0.15) is 25.1 Å². The molecule has 0 fully saturated rings. The van der Waals surface area contributed by atoms with Crippen LogP contribution in [-0.4, -0.2) is 16.9 Å². The Hall–Kier alpha value is -2.32. The number of methoxy groups -OCH3 is 1. The van der Waals surface area contributed by atoms with Crippen molar-refractivity contribution in [2.24, 2.45) is 0 Å². The Labute approximate surface area is 111 Å². The highest BCUT2D eigenvalue weighted by Gasteiger charge is 2.14. The van der Waals surface area contributed by atoms with Crippen LogP contribution in [-0.2, 0) is 4.74 Å². The molecule has 1 atom stereocenters. The first-order valence-electron chi connectivity index (χ1n) is 6.04. The summed E-state index contributed by atoms with van der Waals surface area (Å²) in [6, 6.07) is 8.97. The van der Waals surface area contributed by atoms with Gasteiger partial charge in [-0.1, -0.05) is 19.1 Å². The molecule has 2 rings (SSSR count). The van der Waals surface area contributed by atoms with E-state index in [9.17, 15) is 4.79 Å². The summed E-state index contributed by atoms with van der Waals surface area (Å²) in [4.78, 5) is 12.3. The maximum Gasteiger partial charge on any atom is 0.276 e. The molecular formula is C14H15N3O2. The molecule has 98 valence electrons. The average Bonchev–Trinajstić information content (AvgIpc) is 2.83. The number of hydrogen-bond acceptors (Lipinski definition) is 3. The van der Waals surface area contributed by atoms with Crippen molar-refractivity contribution in [1.29, 1.82) is 5.26 Å². The summed E-state index contributed by atoms with van der Waals surface area (Å²) in [5.41, 5.74) is 1.80. The van der Waals surface area contributed by atoms with Crippen LogP contribution in [0.2, 0.25) is 0 Å². The number of aromatic amines is 1. The van der Waals surface area contributed by atoms with E-state index in [1.807, 2.05) is 6.92 Å². The molecule has 0 bridgehead atoms. The van der Waals surface area contributed by atoms with Gasteiger partial charge in [0.1, 0.15) is 0 Å². The summed E-state index contributed by atoms with van der Waals surface area (Å²) >= 11 is 0. The Balaban J connectivity index is 2.41. The van der Waals surface area contributed by atoms with Crippen LogP contribution in [0, 0.1) is 11.3 Å². The molecule has 0 spiro atoms. The predicted molar refractivity (Wildman–Crippen MR) is 71.5 cm³/mol. The highest BCUT2D eigenvalue weighted by Crippen LogP contribution is 2.17. The topological polar surface area (TPSA) is 70.8 Å². The highest BCUT2D eigenvalue weighted by molar-refractivity contribution is 5.62. The Kier molecular flexibility index (Phi) is 3.83. The van der Waals surface area contributed by atoms with Crippen molar-refractivity contribution in [2.75, 3.05) is 7.11 Å². The molecule has 0 aliphatic carbocycles. The van der Waals surface area contributed by atoms with E-state index >= 15 is 0 Å². The van der Waals surface area contributed by atoms with E-state index in [4.69, 9.17) is 10.00 Å². The average molecular weight is 257 g/mol. The minimum Gasteiger partial charge on any atom is -0.360 e. The van der Waals surface area contributed by atoms with Gasteiger partial charge >= 0.3 is 0 Å². The summed E-state index contributed by atoms with van der Waals surface area (Å²) < 4.78 is 6.71. The number of rotatable bonds is 4. The zero-order valence-corrected chi connectivity index (χ0v) is 10.9. The van der Waals surface area contributed by atoms with Gasteiger partial charge in [-0.15, -0.1) is 0 Å². The van der Waals surface area contributed by atoms with Gasteiger partial charge in [-0.25, -0.2) is 4.68 Å². The molecule has 0 saturated heterocycles. The lowest BCUT2D eigenvalue weighted by Gasteiger charge is -2.12. The van der Waals surface area contributed by atoms with E-state index in [0.717, 1.165) is 5.56 Å². The monoisotopic (exact) mass is 257 g/mol. The molecule has 0 radical (unpaired) electrons. The van der Waals surface area contributed by atoms with Gasteiger partial charge in [0, 0.05) is 13.3 Å². The number of nitrogens with one attached hydrogen (secondary N) is 1. The Morgan fingerprint density at radius 2 is 2.11 bits per heavy atom. The number of hydrogen-bond donors (Lipinski definition) is 1. The van der Waals surface area contributed by atoms with E-state index in [-0.39, 0.29) is 11.8 Å². The molecule has 19 heavy (non-hydrogen) atoms. The first-order valence-corrected chi connectivity index (χ1v) is 6.04. The minimum absolute atomic E-state index is 0.126. The van der Waals surface area contributed by atoms with E-state index in [0.29, 0.717) is 17.5 Å². The normalized spacial score (nSPS) is 12.1. The molecule has 1 unspecified atom stereocenters. The summed E-state index contributed by atoms with van der Waals surface area (Å²) in [6.07, 6.45) is 2.06. The smallest absolute Gasteiger partial charge is 0.276 e. The van der Waals surface area contributed by atoms with Crippen LogP contribution >= 0.6 is 0 Å². The number of nitrogens with zero attached hydrogens (tertiary/aromatic N) is 2. The fourth-order valence-corrected chi connectivity index (χ4v) is 1.98. The van der Waals surface area contributed by atoms with Crippen molar-refractivity contribution in [3.8, 4) is 17.2 Å². The second-order valence-electron chi connectivity index (χ2n) is 4.15. The molecule has 0 amide bonds. The van der Waals surface area contributed by atoms with E-state index in [1.54, 1.807) is 37.6 Å². The second-order valence-corrected chi connectivity index (χ2v) is 4.15. The zero-order valence-electron chi connectivity index (χ0n) is 10.9. The van der Waals surface area contributed by atoms with Crippen LogP contribution in [0.4, 0.5) is 0 Å². The quantitative estimate of drug-likeness (QED) is 0.913. The van der Waals surface area contributed by atoms with Gasteiger partial charge in [0.15, 0.2) is 6.23 Å². The summed E-state index contributed by atoms with van der Waals surface area (Å²) in [5, 5.41) is 11.7. The van der Waals surface area contributed by atoms with Gasteiger partial charge < -0.3 is 4.74 Å². The van der Waals surface area contributed by atoms with Crippen molar-refractivity contribution in [3.63, 3.8) is 0 Å². The Bertz CT molecular complexity index is 643. The first-order chi connectivity index (χ1) is 9.21. The van der Waals surface area contributed by atoms with Gasteiger partial charge in [0.25, 0.3) is 5.56 Å². The highest BCUT2D eigenvalue weighted by atomic mass is 16.5. The van der Waals surface area contributed by atoms with Crippen molar-refractivity contribution in [2.45, 2.75) is 19.6 Å². The van der Waals surface area contributed by atoms with Crippen molar-refractivity contribution in [3.05, 3.63) is 46.4 Å². The molecule has 0 aliphatic heterocycles. The van der Waals surface area contributed by atoms with Crippen LogP contribution < -0.4 is 5.56 Å². The Morgan fingerprint density at radius 1 is 1.42 bits per heavy atom. The minimum atomic E-state index is -0.292. The summed E-state index contributed by atoms with van der Waals surface area (Å²) in [6.45, 7) is 1.95. The third-order valence-corrected chi connectivity index (χ3v) is 3.03. The van der Waals surface area contributed by atoms with Gasteiger partial charge in [0.05, 0.1) is 17.2 Å². The predicted octanol–water partition coefficient (Wildman–Crippen LogP) is 2.27. The van der Waals surface area contributed by atoms with Crippen molar-refractivity contribution < 1.29 is 4.74 Å². The lowest BCUT2D eigenvalue weighted by molar-refractivity contribution is 0.0284. The van der Waals surface area contributed by atoms with Crippen molar-refractivity contribution >= 4 is 0 Å². The number of ether oxygens (including phenoxy) is 1. The lowest BCUT2D eigenvalue weighted by atomic mass is 10.1. The number of benzene rings is 1. The Morgan fingerprint density at radius 3 is 2.63 bits per heavy atom. The van der Waals surface area contributed by atoms with Gasteiger partial charge in [-0.3, -0.25) is 9.89 Å². The summed E-state index contributed by atoms with van der Waals surface area (Å²) in [5.74, 6) is 0. The van der Waals surface area contributed by atoms with Crippen LogP contribution in [0.3, 0.4) is 0 Å². The molecule has 5 heteroatoms. The van der Waals surface area contributed by atoms with E-state index < -0.39 is 0 Å². The molecule has 1 aromatic carbocycles. The van der Waals surface area contributed by atoms with Crippen molar-refractivity contribution in [1.82, 2.24) is 9.78 Å². The zero-order chi connectivity index (χ0) is 13.8. The molecular weight excluding hydrogens is 242 g/mol. The third-order valence-electron chi connectivity index (χ3n) is 3.03. The van der Waals surface area contributed by atoms with Gasteiger partial charge in [-0.2, -0.15) is 5.26 Å². The second kappa shape index (κ2) is 5.55. The fraction of sp³-hybridized carbons (Fsp3) is 0.286. The van der Waals surface area contributed by atoms with E-state index in [2.05, 4.69) is 11.2 Å². The lowest BCUT2D eigenvalue weighted by Crippen LogP contribution is -2.24. The van der Waals surface area contributed by atoms with Crippen LogP contribution in [0.15, 0.2) is 35.3 Å². The third kappa shape index (κ3) is 2.44. The molecule has 1 N–H and O–H groups in total. The standard InChI is InChI=1S/C14H15N3O2/c1-3-13(19-2)17-14(18)12(9-16-17)11-6-4-10(8-15)5-7-11/h4-7,9,13,16H,3H2,1-2H3. The van der Waals surface area contributed by atoms with E-state index in [1.165, 1.54) is 4.68 Å². The first kappa shape index (κ1) is 13.1. The largest absolute Gasteiger partial charge is 0.360 e. The molecule has 2 aromatic rings. The molecule has 5 nitrogen and oxygen atoms in total. The SMILES string of the molecule is CCC(OC)n1[nH]cc(-c2ccc(C#N)cc2)c1=O. The molecule has 0 saturated carbocycles. The number of H-pyrrole nitrogens is 1. The van der Waals surface area contributed by atoms with Gasteiger partial charge in [0.2, 0.25) is 0 Å². The number of aromatic nitrogens is 2. The molecule has 0 aliphatic rings. The van der Waals surface area contributed by atoms with Crippen LogP contribution in [0.5, 0.6) is 0 Å².